The van der Waals surface area contributed by atoms with Gasteiger partial charge in [-0.3, -0.25) is 0 Å². The molecule has 0 radical (unpaired) electrons. The molecule has 3 aliphatic rings. The Morgan fingerprint density at radius 1 is 1.25 bits per heavy atom. The minimum absolute atomic E-state index is 0.917. The lowest BCUT2D eigenvalue weighted by Gasteiger charge is -2.23. The Labute approximate surface area is 50.3 Å². The molecule has 1 heteroatoms. The van der Waals surface area contributed by atoms with Crippen molar-refractivity contribution < 1.29 is 0 Å². The molecule has 0 aliphatic heterocycles. The highest BCUT2D eigenvalue weighted by atomic mass is 14.6. The second-order valence-corrected chi connectivity index (χ2v) is 3.33. The Bertz CT molecular complexity index is 94.6. The second-order valence-electron chi connectivity index (χ2n) is 3.33. The van der Waals surface area contributed by atoms with Crippen molar-refractivity contribution in [3.05, 3.63) is 0 Å². The fourth-order valence-corrected chi connectivity index (χ4v) is 2.27. The Kier molecular flexibility index (Phi) is 0.884. The van der Waals surface area contributed by atoms with Gasteiger partial charge < -0.3 is 5.73 Å². The van der Waals surface area contributed by atoms with Crippen LogP contribution in [0, 0.1) is 17.8 Å². The molecule has 3 fully saturated rings. The lowest BCUT2D eigenvalue weighted by atomic mass is 9.83. The van der Waals surface area contributed by atoms with Gasteiger partial charge in [-0.2, -0.15) is 0 Å². The summed E-state index contributed by atoms with van der Waals surface area (Å²) in [5.41, 5.74) is 5.55. The Morgan fingerprint density at radius 2 is 2.00 bits per heavy atom. The van der Waals surface area contributed by atoms with Crippen LogP contribution >= 0.6 is 0 Å². The summed E-state index contributed by atoms with van der Waals surface area (Å²) < 4.78 is 0. The first-order valence-corrected chi connectivity index (χ1v) is 3.60. The van der Waals surface area contributed by atoms with Gasteiger partial charge in [-0.15, -0.1) is 0 Å². The minimum atomic E-state index is 0.917. The van der Waals surface area contributed by atoms with Crippen molar-refractivity contribution in [2.45, 2.75) is 19.3 Å². The summed E-state index contributed by atoms with van der Waals surface area (Å²) in [5, 5.41) is 0. The lowest BCUT2D eigenvalue weighted by molar-refractivity contribution is 0.277. The van der Waals surface area contributed by atoms with Crippen LogP contribution < -0.4 is 5.73 Å². The normalized spacial score (nSPS) is 51.4. The van der Waals surface area contributed by atoms with Gasteiger partial charge in [0.05, 0.1) is 0 Å². The first-order valence-electron chi connectivity index (χ1n) is 3.60. The maximum absolute atomic E-state index is 5.55. The quantitative estimate of drug-likeness (QED) is 0.536. The van der Waals surface area contributed by atoms with Crippen LogP contribution in [-0.4, -0.2) is 6.54 Å². The first kappa shape index (κ1) is 4.80. The van der Waals surface area contributed by atoms with Crippen molar-refractivity contribution in [1.82, 2.24) is 0 Å². The molecular formula is C7H13N. The molecule has 2 bridgehead atoms. The monoisotopic (exact) mass is 111 g/mol. The van der Waals surface area contributed by atoms with Gasteiger partial charge >= 0.3 is 0 Å². The first-order chi connectivity index (χ1) is 3.90. The zero-order valence-corrected chi connectivity index (χ0v) is 5.14. The molecule has 0 heterocycles. The minimum Gasteiger partial charge on any atom is -0.330 e. The van der Waals surface area contributed by atoms with E-state index in [-0.39, 0.29) is 0 Å². The Balaban J connectivity index is 2.00. The lowest BCUT2D eigenvalue weighted by Crippen LogP contribution is -2.19. The van der Waals surface area contributed by atoms with Crippen LogP contribution in [0.5, 0.6) is 0 Å². The fourth-order valence-electron chi connectivity index (χ4n) is 2.27. The molecule has 8 heavy (non-hydrogen) atoms. The molecule has 1 atom stereocenters. The molecule has 0 aromatic carbocycles. The van der Waals surface area contributed by atoms with Crippen molar-refractivity contribution in [3.63, 3.8) is 0 Å². The summed E-state index contributed by atoms with van der Waals surface area (Å²) in [7, 11) is 0. The molecular weight excluding hydrogens is 98.1 g/mol. The van der Waals surface area contributed by atoms with Crippen LogP contribution in [0.25, 0.3) is 0 Å². The van der Waals surface area contributed by atoms with Crippen LogP contribution in [0.15, 0.2) is 0 Å². The predicted molar refractivity (Wildman–Crippen MR) is 33.4 cm³/mol. The van der Waals surface area contributed by atoms with Gasteiger partial charge in [0.1, 0.15) is 0 Å². The molecule has 3 saturated carbocycles. The van der Waals surface area contributed by atoms with E-state index in [1.807, 2.05) is 0 Å². The van der Waals surface area contributed by atoms with Crippen LogP contribution in [0.1, 0.15) is 19.3 Å². The third kappa shape index (κ3) is 0.455. The highest BCUT2D eigenvalue weighted by molar-refractivity contribution is 4.94. The molecule has 0 spiro atoms. The number of fused-ring (bicyclic) bond motifs is 1. The van der Waals surface area contributed by atoms with Crippen molar-refractivity contribution in [1.29, 1.82) is 0 Å². The molecule has 0 amide bonds. The predicted octanol–water partition coefficient (Wildman–Crippen LogP) is 0.991. The Hall–Kier alpha value is -0.0400. The average molecular weight is 111 g/mol. The maximum Gasteiger partial charge on any atom is -0.00461 e. The summed E-state index contributed by atoms with van der Waals surface area (Å²) in [6.45, 7) is 0.946. The molecule has 3 aliphatic carbocycles. The third-order valence-electron chi connectivity index (χ3n) is 2.88. The van der Waals surface area contributed by atoms with E-state index in [0.29, 0.717) is 0 Å². The van der Waals surface area contributed by atoms with Crippen LogP contribution in [0.2, 0.25) is 0 Å². The van der Waals surface area contributed by atoms with E-state index in [4.69, 9.17) is 5.73 Å². The van der Waals surface area contributed by atoms with E-state index in [0.717, 1.165) is 24.3 Å². The molecule has 46 valence electrons. The van der Waals surface area contributed by atoms with Crippen molar-refractivity contribution in [2.24, 2.45) is 23.5 Å². The summed E-state index contributed by atoms with van der Waals surface area (Å²) in [5.74, 6) is 3.05. The van der Waals surface area contributed by atoms with Crippen molar-refractivity contribution in [2.75, 3.05) is 6.54 Å². The maximum atomic E-state index is 5.55. The highest BCUT2D eigenvalue weighted by Crippen LogP contribution is 2.51. The molecule has 2 N–H and O–H groups in total. The van der Waals surface area contributed by atoms with E-state index in [1.165, 1.54) is 19.3 Å². The third-order valence-corrected chi connectivity index (χ3v) is 2.88. The van der Waals surface area contributed by atoms with Gasteiger partial charge in [-0.05, 0) is 43.6 Å². The number of nitrogens with two attached hydrogens (primary N) is 1. The topological polar surface area (TPSA) is 26.0 Å². The summed E-state index contributed by atoms with van der Waals surface area (Å²) in [6.07, 6.45) is 4.45. The number of hydrogen-bond donors (Lipinski definition) is 1. The van der Waals surface area contributed by atoms with Crippen LogP contribution in [0.3, 0.4) is 0 Å². The number of hydrogen-bond acceptors (Lipinski definition) is 1. The molecule has 3 rings (SSSR count). The highest BCUT2D eigenvalue weighted by Gasteiger charge is 2.42. The number of rotatable bonds is 1. The summed E-state index contributed by atoms with van der Waals surface area (Å²) >= 11 is 0. The Morgan fingerprint density at radius 3 is 2.25 bits per heavy atom. The van der Waals surface area contributed by atoms with Crippen LogP contribution in [0.4, 0.5) is 0 Å². The van der Waals surface area contributed by atoms with Crippen molar-refractivity contribution in [3.8, 4) is 0 Å². The second kappa shape index (κ2) is 1.47. The van der Waals surface area contributed by atoms with E-state index in [9.17, 15) is 0 Å². The van der Waals surface area contributed by atoms with Gasteiger partial charge in [0, 0.05) is 0 Å². The summed E-state index contributed by atoms with van der Waals surface area (Å²) in [6, 6.07) is 0. The molecule has 1 unspecified atom stereocenters. The molecule has 1 nitrogen and oxygen atoms in total. The molecule has 0 aromatic heterocycles. The molecule has 0 saturated heterocycles. The molecule has 0 aromatic rings. The average Bonchev–Trinajstić information content (AvgIpc) is 2.15. The van der Waals surface area contributed by atoms with E-state index in [1.54, 1.807) is 0 Å². The zero-order valence-electron chi connectivity index (χ0n) is 5.14. The smallest absolute Gasteiger partial charge is 0.00461 e. The van der Waals surface area contributed by atoms with Gasteiger partial charge in [-0.1, -0.05) is 0 Å². The van der Waals surface area contributed by atoms with Crippen LogP contribution in [-0.2, 0) is 0 Å². The van der Waals surface area contributed by atoms with Crippen molar-refractivity contribution >= 4 is 0 Å². The van der Waals surface area contributed by atoms with E-state index < -0.39 is 0 Å². The van der Waals surface area contributed by atoms with Gasteiger partial charge in [0.2, 0.25) is 0 Å². The van der Waals surface area contributed by atoms with E-state index >= 15 is 0 Å². The SMILES string of the molecule is NCC1CC2CC1C2. The fraction of sp³-hybridized carbons (Fsp3) is 1.00. The van der Waals surface area contributed by atoms with E-state index in [2.05, 4.69) is 0 Å². The standard InChI is InChI=1S/C7H13N/c8-4-7-3-5-1-6(7)2-5/h5-7H,1-4,8H2. The summed E-state index contributed by atoms with van der Waals surface area (Å²) in [4.78, 5) is 0. The largest absolute Gasteiger partial charge is 0.330 e. The van der Waals surface area contributed by atoms with Gasteiger partial charge in [0.25, 0.3) is 0 Å². The zero-order chi connectivity index (χ0) is 5.56. The van der Waals surface area contributed by atoms with Gasteiger partial charge in [-0.25, -0.2) is 0 Å². The van der Waals surface area contributed by atoms with Gasteiger partial charge in [0.15, 0.2) is 0 Å².